The minimum Gasteiger partial charge on any atom is -0.497 e. The number of rotatable bonds is 9. The molecule has 8 nitrogen and oxygen atoms in total. The number of Topliss-reactive ketones (excluding diaryl/α,β-unsaturated/α-hetero) is 1. The summed E-state index contributed by atoms with van der Waals surface area (Å²) >= 11 is 1.28. The standard InChI is InChI=1S/C24H25N5O3S/c1-15(2)21(26-23(31)18-9-11-19(32-4)12-10-18)22-27-28-24(29(22)3)33-14-20(30)17-7-5-16(13-25)6-8-17/h5-12,15,21H,14H2,1-4H3,(H,26,31)/t21-/m1/s1. The van der Waals surface area contributed by atoms with Crippen LogP contribution in [0.3, 0.4) is 0 Å². The molecule has 1 heterocycles. The fourth-order valence-corrected chi connectivity index (χ4v) is 3.98. The average Bonchev–Trinajstić information content (AvgIpc) is 3.20. The van der Waals surface area contributed by atoms with Gasteiger partial charge < -0.3 is 14.6 Å². The Bertz CT molecular complexity index is 1160. The van der Waals surface area contributed by atoms with Crippen LogP contribution in [0, 0.1) is 17.2 Å². The summed E-state index contributed by atoms with van der Waals surface area (Å²) in [4.78, 5) is 25.3. The molecule has 0 saturated heterocycles. The molecule has 3 aromatic rings. The zero-order valence-electron chi connectivity index (χ0n) is 18.9. The molecule has 0 unspecified atom stereocenters. The van der Waals surface area contributed by atoms with Crippen molar-refractivity contribution in [3.8, 4) is 11.8 Å². The molecule has 0 saturated carbocycles. The number of carbonyl (C=O) groups is 2. The number of ketones is 1. The van der Waals surface area contributed by atoms with Crippen LogP contribution in [-0.2, 0) is 7.05 Å². The topological polar surface area (TPSA) is 110 Å². The number of benzene rings is 2. The maximum absolute atomic E-state index is 12.8. The van der Waals surface area contributed by atoms with Crippen molar-refractivity contribution in [2.75, 3.05) is 12.9 Å². The number of ether oxygens (including phenoxy) is 1. The highest BCUT2D eigenvalue weighted by Crippen LogP contribution is 2.25. The van der Waals surface area contributed by atoms with E-state index in [1.807, 2.05) is 27.0 Å². The third-order valence-electron chi connectivity index (χ3n) is 5.12. The normalized spacial score (nSPS) is 11.6. The molecule has 0 bridgehead atoms. The van der Waals surface area contributed by atoms with Gasteiger partial charge in [0.25, 0.3) is 5.91 Å². The highest BCUT2D eigenvalue weighted by atomic mass is 32.2. The second-order valence-corrected chi connectivity index (χ2v) is 8.67. The SMILES string of the molecule is COc1ccc(C(=O)N[C@@H](c2nnc(SCC(=O)c3ccc(C#N)cc3)n2C)C(C)C)cc1. The maximum Gasteiger partial charge on any atom is 0.251 e. The van der Waals surface area contributed by atoms with Crippen molar-refractivity contribution in [1.82, 2.24) is 20.1 Å². The molecule has 0 spiro atoms. The Morgan fingerprint density at radius 2 is 1.73 bits per heavy atom. The second kappa shape index (κ2) is 10.8. The Morgan fingerprint density at radius 3 is 2.30 bits per heavy atom. The van der Waals surface area contributed by atoms with Gasteiger partial charge in [0.1, 0.15) is 5.75 Å². The van der Waals surface area contributed by atoms with E-state index in [0.29, 0.717) is 33.4 Å². The minimum absolute atomic E-state index is 0.0632. The van der Waals surface area contributed by atoms with Gasteiger partial charge in [0.15, 0.2) is 16.8 Å². The molecule has 170 valence electrons. The first kappa shape index (κ1) is 24.0. The van der Waals surface area contributed by atoms with E-state index in [0.717, 1.165) is 0 Å². The third-order valence-corrected chi connectivity index (χ3v) is 6.14. The van der Waals surface area contributed by atoms with Crippen LogP contribution >= 0.6 is 11.8 Å². The summed E-state index contributed by atoms with van der Waals surface area (Å²) in [7, 11) is 3.39. The molecule has 1 aromatic heterocycles. The number of nitrogens with zero attached hydrogens (tertiary/aromatic N) is 4. The molecule has 9 heteroatoms. The van der Waals surface area contributed by atoms with Crippen molar-refractivity contribution in [3.63, 3.8) is 0 Å². The van der Waals surface area contributed by atoms with Crippen LogP contribution in [0.15, 0.2) is 53.7 Å². The van der Waals surface area contributed by atoms with E-state index in [-0.39, 0.29) is 29.4 Å². The monoisotopic (exact) mass is 463 g/mol. The molecule has 0 radical (unpaired) electrons. The first-order valence-corrected chi connectivity index (χ1v) is 11.3. The molecule has 0 aliphatic carbocycles. The van der Waals surface area contributed by atoms with E-state index < -0.39 is 0 Å². The predicted octanol–water partition coefficient (Wildman–Crippen LogP) is 3.80. The third kappa shape index (κ3) is 5.79. The molecular formula is C24H25N5O3S. The van der Waals surface area contributed by atoms with E-state index in [1.54, 1.807) is 60.2 Å². The van der Waals surface area contributed by atoms with Gasteiger partial charge in [-0.05, 0) is 42.3 Å². The van der Waals surface area contributed by atoms with Crippen LogP contribution in [0.25, 0.3) is 0 Å². The Hall–Kier alpha value is -3.64. The molecule has 1 N–H and O–H groups in total. The molecule has 3 rings (SSSR count). The Kier molecular flexibility index (Phi) is 7.85. The lowest BCUT2D eigenvalue weighted by molar-refractivity contribution is 0.0921. The summed E-state index contributed by atoms with van der Waals surface area (Å²) in [6.07, 6.45) is 0. The van der Waals surface area contributed by atoms with Gasteiger partial charge in [0.2, 0.25) is 0 Å². The van der Waals surface area contributed by atoms with Crippen LogP contribution in [0.4, 0.5) is 0 Å². The Balaban J connectivity index is 1.69. The van der Waals surface area contributed by atoms with Crippen LogP contribution in [0.2, 0.25) is 0 Å². The van der Waals surface area contributed by atoms with E-state index >= 15 is 0 Å². The summed E-state index contributed by atoms with van der Waals surface area (Å²) in [5, 5.41) is 21.0. The van der Waals surface area contributed by atoms with E-state index in [2.05, 4.69) is 15.5 Å². The molecular weight excluding hydrogens is 438 g/mol. The Morgan fingerprint density at radius 1 is 1.09 bits per heavy atom. The number of methoxy groups -OCH3 is 1. The zero-order chi connectivity index (χ0) is 24.0. The Labute approximate surface area is 197 Å². The number of nitrogens with one attached hydrogen (secondary N) is 1. The zero-order valence-corrected chi connectivity index (χ0v) is 19.7. The molecule has 0 aliphatic rings. The number of amides is 1. The fraction of sp³-hybridized carbons (Fsp3) is 0.292. The van der Waals surface area contributed by atoms with Crippen molar-refractivity contribution in [2.24, 2.45) is 13.0 Å². The van der Waals surface area contributed by atoms with Crippen LogP contribution in [-0.4, -0.2) is 39.3 Å². The summed E-state index contributed by atoms with van der Waals surface area (Å²) in [5.74, 6) is 1.25. The van der Waals surface area contributed by atoms with Gasteiger partial charge in [-0.1, -0.05) is 37.7 Å². The summed E-state index contributed by atoms with van der Waals surface area (Å²) in [5.41, 5.74) is 1.57. The van der Waals surface area contributed by atoms with Crippen molar-refractivity contribution >= 4 is 23.5 Å². The number of nitriles is 1. The number of hydrogen-bond acceptors (Lipinski definition) is 7. The lowest BCUT2D eigenvalue weighted by Gasteiger charge is -2.21. The maximum atomic E-state index is 12.8. The van der Waals surface area contributed by atoms with Gasteiger partial charge in [-0.3, -0.25) is 9.59 Å². The number of aromatic nitrogens is 3. The van der Waals surface area contributed by atoms with E-state index in [1.165, 1.54) is 11.8 Å². The van der Waals surface area contributed by atoms with Crippen LogP contribution in [0.1, 0.15) is 52.0 Å². The summed E-state index contributed by atoms with van der Waals surface area (Å²) in [6.45, 7) is 3.99. The van der Waals surface area contributed by atoms with Gasteiger partial charge >= 0.3 is 0 Å². The lowest BCUT2D eigenvalue weighted by Crippen LogP contribution is -2.33. The van der Waals surface area contributed by atoms with Gasteiger partial charge in [-0.2, -0.15) is 5.26 Å². The largest absolute Gasteiger partial charge is 0.497 e. The van der Waals surface area contributed by atoms with Gasteiger partial charge in [0.05, 0.1) is 30.5 Å². The number of carbonyl (C=O) groups excluding carboxylic acids is 2. The fourth-order valence-electron chi connectivity index (χ4n) is 3.16. The summed E-state index contributed by atoms with van der Waals surface area (Å²) < 4.78 is 6.94. The molecule has 1 amide bonds. The molecule has 0 fully saturated rings. The van der Waals surface area contributed by atoms with Gasteiger partial charge in [-0.25, -0.2) is 0 Å². The molecule has 1 atom stereocenters. The lowest BCUT2D eigenvalue weighted by atomic mass is 10.0. The second-order valence-electron chi connectivity index (χ2n) is 7.72. The summed E-state index contributed by atoms with van der Waals surface area (Å²) in [6, 6.07) is 15.1. The molecule has 0 aliphatic heterocycles. The quantitative estimate of drug-likeness (QED) is 0.380. The average molecular weight is 464 g/mol. The van der Waals surface area contributed by atoms with Gasteiger partial charge in [-0.15, -0.1) is 10.2 Å². The molecule has 2 aromatic carbocycles. The van der Waals surface area contributed by atoms with Crippen molar-refractivity contribution in [3.05, 3.63) is 71.0 Å². The van der Waals surface area contributed by atoms with Crippen LogP contribution in [0.5, 0.6) is 5.75 Å². The smallest absolute Gasteiger partial charge is 0.251 e. The van der Waals surface area contributed by atoms with Crippen LogP contribution < -0.4 is 10.1 Å². The highest BCUT2D eigenvalue weighted by Gasteiger charge is 2.25. The van der Waals surface area contributed by atoms with E-state index in [4.69, 9.17) is 10.00 Å². The van der Waals surface area contributed by atoms with E-state index in [9.17, 15) is 9.59 Å². The molecule has 33 heavy (non-hydrogen) atoms. The van der Waals surface area contributed by atoms with Crippen molar-refractivity contribution in [2.45, 2.75) is 25.0 Å². The predicted molar refractivity (Wildman–Crippen MR) is 125 cm³/mol. The number of thioether (sulfide) groups is 1. The van der Waals surface area contributed by atoms with Gasteiger partial charge in [0, 0.05) is 18.2 Å². The minimum atomic E-state index is -0.360. The van der Waals surface area contributed by atoms with Crippen molar-refractivity contribution in [1.29, 1.82) is 5.26 Å². The first-order chi connectivity index (χ1) is 15.8. The first-order valence-electron chi connectivity index (χ1n) is 10.3. The number of hydrogen-bond donors (Lipinski definition) is 1. The highest BCUT2D eigenvalue weighted by molar-refractivity contribution is 7.99. The van der Waals surface area contributed by atoms with Crippen molar-refractivity contribution < 1.29 is 14.3 Å².